The predicted octanol–water partition coefficient (Wildman–Crippen LogP) is 2.67. The Hall–Kier alpha value is -2.42. The second-order valence-corrected chi connectivity index (χ2v) is 4.16. The zero-order valence-electron chi connectivity index (χ0n) is 9.59. The first kappa shape index (κ1) is 10.7. The van der Waals surface area contributed by atoms with Crippen LogP contribution >= 0.6 is 0 Å². The number of hydrogen-bond donors (Lipinski definition) is 0. The number of benzene rings is 2. The zero-order chi connectivity index (χ0) is 12.7. The van der Waals surface area contributed by atoms with Gasteiger partial charge in [0.1, 0.15) is 0 Å². The molecule has 1 heterocycles. The van der Waals surface area contributed by atoms with Crippen LogP contribution in [-0.4, -0.2) is 11.8 Å². The molecule has 3 rings (SSSR count). The maximum Gasteiger partial charge on any atom is 0.266 e. The monoisotopic (exact) mass is 236 g/mol. The van der Waals surface area contributed by atoms with Crippen LogP contribution in [0.3, 0.4) is 0 Å². The van der Waals surface area contributed by atoms with Crippen molar-refractivity contribution in [1.29, 1.82) is 0 Å². The number of anilines is 1. The van der Waals surface area contributed by atoms with Crippen LogP contribution in [-0.2, 0) is 0 Å². The molecular weight excluding hydrogens is 226 g/mol. The first-order valence-corrected chi connectivity index (χ1v) is 5.58. The van der Waals surface area contributed by atoms with E-state index in [-0.39, 0.29) is 11.8 Å². The molecule has 2 amide bonds. The van der Waals surface area contributed by atoms with E-state index in [1.165, 1.54) is 4.90 Å². The minimum atomic E-state index is -0.271. The van der Waals surface area contributed by atoms with Gasteiger partial charge in [-0.2, -0.15) is 0 Å². The van der Waals surface area contributed by atoms with Crippen molar-refractivity contribution in [2.75, 3.05) is 4.90 Å². The van der Waals surface area contributed by atoms with Gasteiger partial charge in [-0.3, -0.25) is 9.59 Å². The molecule has 0 N–H and O–H groups in total. The molecule has 0 aliphatic carbocycles. The molecule has 1 aliphatic rings. The normalized spacial score (nSPS) is 13.9. The molecule has 0 fully saturated rings. The van der Waals surface area contributed by atoms with Crippen LogP contribution in [0.25, 0.3) is 0 Å². The lowest BCUT2D eigenvalue weighted by atomic mass is 10.1. The Kier molecular flexibility index (Phi) is 2.27. The lowest BCUT2D eigenvalue weighted by molar-refractivity contribution is 0.0926. The fourth-order valence-electron chi connectivity index (χ4n) is 2.07. The van der Waals surface area contributed by atoms with E-state index in [1.807, 2.05) is 0 Å². The Morgan fingerprint density at radius 1 is 0.778 bits per heavy atom. The lowest BCUT2D eigenvalue weighted by Gasteiger charge is -2.13. The van der Waals surface area contributed by atoms with Gasteiger partial charge in [-0.05, 0) is 36.8 Å². The maximum absolute atomic E-state index is 12.2. The van der Waals surface area contributed by atoms with Crippen LogP contribution in [0.15, 0.2) is 48.5 Å². The van der Waals surface area contributed by atoms with E-state index in [2.05, 4.69) is 6.92 Å². The summed E-state index contributed by atoms with van der Waals surface area (Å²) in [6, 6.07) is 13.9. The SMILES string of the molecule is [CH2]c1ccc(N2C(=O)c3ccccc3C2=O)cc1. The third kappa shape index (κ3) is 1.44. The van der Waals surface area contributed by atoms with Crippen LogP contribution in [0.5, 0.6) is 0 Å². The van der Waals surface area contributed by atoms with Crippen LogP contribution in [0, 0.1) is 6.92 Å². The van der Waals surface area contributed by atoms with Gasteiger partial charge in [0.2, 0.25) is 0 Å². The van der Waals surface area contributed by atoms with Gasteiger partial charge < -0.3 is 0 Å². The second kappa shape index (κ2) is 3.81. The molecular formula is C15H10NO2. The average molecular weight is 236 g/mol. The van der Waals surface area contributed by atoms with E-state index in [0.717, 1.165) is 5.56 Å². The number of carbonyl (C=O) groups is 2. The zero-order valence-corrected chi connectivity index (χ0v) is 9.59. The number of amides is 2. The molecule has 0 spiro atoms. The van der Waals surface area contributed by atoms with Crippen LogP contribution < -0.4 is 4.90 Å². The molecule has 3 heteroatoms. The number of carbonyl (C=O) groups excluding carboxylic acids is 2. The average Bonchev–Trinajstić information content (AvgIpc) is 2.64. The van der Waals surface area contributed by atoms with Crippen molar-refractivity contribution in [3.8, 4) is 0 Å². The molecule has 0 atom stereocenters. The summed E-state index contributed by atoms with van der Waals surface area (Å²) in [6.45, 7) is 3.78. The van der Waals surface area contributed by atoms with Crippen molar-refractivity contribution in [2.24, 2.45) is 0 Å². The minimum absolute atomic E-state index is 0.271. The first-order valence-electron chi connectivity index (χ1n) is 5.58. The molecule has 0 unspecified atom stereocenters. The van der Waals surface area contributed by atoms with Gasteiger partial charge in [0.05, 0.1) is 16.8 Å². The molecule has 1 radical (unpaired) electrons. The second-order valence-electron chi connectivity index (χ2n) is 4.16. The highest BCUT2D eigenvalue weighted by molar-refractivity contribution is 6.34. The Labute approximate surface area is 105 Å². The third-order valence-corrected chi connectivity index (χ3v) is 2.99. The highest BCUT2D eigenvalue weighted by Gasteiger charge is 2.35. The van der Waals surface area contributed by atoms with Crippen molar-refractivity contribution in [2.45, 2.75) is 0 Å². The topological polar surface area (TPSA) is 37.4 Å². The molecule has 2 aromatic carbocycles. The predicted molar refractivity (Wildman–Crippen MR) is 68.5 cm³/mol. The van der Waals surface area contributed by atoms with Gasteiger partial charge in [-0.15, -0.1) is 0 Å². The summed E-state index contributed by atoms with van der Waals surface area (Å²) < 4.78 is 0. The smallest absolute Gasteiger partial charge is 0.266 e. The minimum Gasteiger partial charge on any atom is -0.268 e. The van der Waals surface area contributed by atoms with E-state index >= 15 is 0 Å². The molecule has 1 aliphatic heterocycles. The molecule has 18 heavy (non-hydrogen) atoms. The standard InChI is InChI=1S/C15H10NO2/c1-10-6-8-11(9-7-10)16-14(17)12-4-2-3-5-13(12)15(16)18/h2-9H,1H2. The van der Waals surface area contributed by atoms with E-state index in [0.29, 0.717) is 16.8 Å². The van der Waals surface area contributed by atoms with Gasteiger partial charge in [-0.25, -0.2) is 4.90 Å². The van der Waals surface area contributed by atoms with Crippen molar-refractivity contribution in [1.82, 2.24) is 0 Å². The number of nitrogens with zero attached hydrogens (tertiary/aromatic N) is 1. The summed E-state index contributed by atoms with van der Waals surface area (Å²) in [7, 11) is 0. The van der Waals surface area contributed by atoms with E-state index < -0.39 is 0 Å². The summed E-state index contributed by atoms with van der Waals surface area (Å²) in [5.41, 5.74) is 2.34. The Bertz CT molecular complexity index is 609. The van der Waals surface area contributed by atoms with Gasteiger partial charge in [0.15, 0.2) is 0 Å². The Morgan fingerprint density at radius 2 is 1.28 bits per heavy atom. The van der Waals surface area contributed by atoms with Crippen molar-refractivity contribution in [3.63, 3.8) is 0 Å². The maximum atomic E-state index is 12.2. The van der Waals surface area contributed by atoms with Crippen molar-refractivity contribution >= 4 is 17.5 Å². The fraction of sp³-hybridized carbons (Fsp3) is 0. The first-order chi connectivity index (χ1) is 8.68. The highest BCUT2D eigenvalue weighted by Crippen LogP contribution is 2.28. The Morgan fingerprint density at radius 3 is 1.78 bits per heavy atom. The number of fused-ring (bicyclic) bond motifs is 1. The van der Waals surface area contributed by atoms with Crippen molar-refractivity contribution in [3.05, 3.63) is 72.1 Å². The van der Waals surface area contributed by atoms with E-state index in [1.54, 1.807) is 48.5 Å². The number of imide groups is 1. The number of hydrogen-bond acceptors (Lipinski definition) is 2. The quantitative estimate of drug-likeness (QED) is 0.714. The lowest BCUT2D eigenvalue weighted by Crippen LogP contribution is -2.29. The summed E-state index contributed by atoms with van der Waals surface area (Å²) in [5.74, 6) is -0.542. The molecule has 2 aromatic rings. The van der Waals surface area contributed by atoms with Crippen LogP contribution in [0.1, 0.15) is 26.3 Å². The largest absolute Gasteiger partial charge is 0.268 e. The van der Waals surface area contributed by atoms with Gasteiger partial charge in [0, 0.05) is 0 Å². The summed E-state index contributed by atoms with van der Waals surface area (Å²) in [4.78, 5) is 25.6. The number of rotatable bonds is 1. The third-order valence-electron chi connectivity index (χ3n) is 2.99. The summed E-state index contributed by atoms with van der Waals surface area (Å²) in [6.07, 6.45) is 0. The molecule has 0 saturated heterocycles. The Balaban J connectivity index is 2.09. The van der Waals surface area contributed by atoms with Gasteiger partial charge >= 0.3 is 0 Å². The highest BCUT2D eigenvalue weighted by atomic mass is 16.2. The molecule has 0 bridgehead atoms. The van der Waals surface area contributed by atoms with E-state index in [9.17, 15) is 9.59 Å². The summed E-state index contributed by atoms with van der Waals surface area (Å²) in [5, 5.41) is 0. The van der Waals surface area contributed by atoms with E-state index in [4.69, 9.17) is 0 Å². The van der Waals surface area contributed by atoms with Crippen molar-refractivity contribution < 1.29 is 9.59 Å². The summed E-state index contributed by atoms with van der Waals surface area (Å²) >= 11 is 0. The fourth-order valence-corrected chi connectivity index (χ4v) is 2.07. The molecule has 0 aromatic heterocycles. The van der Waals surface area contributed by atoms with Gasteiger partial charge in [-0.1, -0.05) is 24.3 Å². The molecule has 87 valence electrons. The van der Waals surface area contributed by atoms with Crippen LogP contribution in [0.2, 0.25) is 0 Å². The molecule has 3 nitrogen and oxygen atoms in total. The van der Waals surface area contributed by atoms with Gasteiger partial charge in [0.25, 0.3) is 11.8 Å². The molecule has 0 saturated carbocycles. The van der Waals surface area contributed by atoms with Crippen LogP contribution in [0.4, 0.5) is 5.69 Å².